The third kappa shape index (κ3) is 9.08. The van der Waals surface area contributed by atoms with Crippen LogP contribution in [0, 0.1) is 0 Å². The minimum atomic E-state index is -0.839. The minimum Gasteiger partial charge on any atom is -0.496 e. The van der Waals surface area contributed by atoms with Crippen molar-refractivity contribution in [3.63, 3.8) is 0 Å². The molecule has 0 saturated carbocycles. The van der Waals surface area contributed by atoms with E-state index < -0.39 is 17.5 Å². The Balaban J connectivity index is 1.97. The van der Waals surface area contributed by atoms with Crippen molar-refractivity contribution in [2.75, 3.05) is 20.8 Å². The van der Waals surface area contributed by atoms with Gasteiger partial charge in [0.15, 0.2) is 6.61 Å². The molecule has 2 amide bonds. The van der Waals surface area contributed by atoms with Crippen LogP contribution in [0.25, 0.3) is 0 Å². The molecule has 1 N–H and O–H groups in total. The Morgan fingerprint density at radius 3 is 2.08 bits per heavy atom. The van der Waals surface area contributed by atoms with Gasteiger partial charge in [0.2, 0.25) is 5.91 Å². The van der Waals surface area contributed by atoms with E-state index in [0.717, 1.165) is 5.56 Å². The molecule has 1 atom stereocenters. The lowest BCUT2D eigenvalue weighted by atomic mass is 10.0. The fourth-order valence-electron chi connectivity index (χ4n) is 3.93. The van der Waals surface area contributed by atoms with Crippen molar-refractivity contribution in [2.24, 2.45) is 0 Å². The second-order valence-electron chi connectivity index (χ2n) is 10.0. The highest BCUT2D eigenvalue weighted by Crippen LogP contribution is 2.28. The Bertz CT molecular complexity index is 1260. The van der Waals surface area contributed by atoms with Crippen LogP contribution < -0.4 is 19.5 Å². The van der Waals surface area contributed by atoms with Gasteiger partial charge in [0.05, 0.1) is 14.2 Å². The molecule has 3 rings (SSSR count). The van der Waals surface area contributed by atoms with Crippen LogP contribution in [0.5, 0.6) is 17.2 Å². The number of methoxy groups -OCH3 is 2. The van der Waals surface area contributed by atoms with Crippen molar-refractivity contribution >= 4 is 35.0 Å². The summed E-state index contributed by atoms with van der Waals surface area (Å²) in [7, 11) is 3.06. The second kappa shape index (κ2) is 13.6. The van der Waals surface area contributed by atoms with Crippen LogP contribution in [0.15, 0.2) is 66.7 Å². The summed E-state index contributed by atoms with van der Waals surface area (Å²) in [5.41, 5.74) is 1.05. The zero-order valence-electron chi connectivity index (χ0n) is 22.8. The normalized spacial score (nSPS) is 11.9. The summed E-state index contributed by atoms with van der Waals surface area (Å²) >= 11 is 12.6. The highest BCUT2D eigenvalue weighted by atomic mass is 35.5. The maximum absolute atomic E-state index is 13.8. The molecule has 7 nitrogen and oxygen atoms in total. The van der Waals surface area contributed by atoms with E-state index in [4.69, 9.17) is 37.4 Å². The van der Waals surface area contributed by atoms with Gasteiger partial charge in [-0.05, 0) is 44.0 Å². The van der Waals surface area contributed by atoms with E-state index in [1.807, 2.05) is 51.1 Å². The van der Waals surface area contributed by atoms with Crippen LogP contribution in [0.3, 0.4) is 0 Å². The molecular formula is C30H34Cl2N2O5. The van der Waals surface area contributed by atoms with Gasteiger partial charge in [-0.25, -0.2) is 0 Å². The quantitative estimate of drug-likeness (QED) is 0.307. The van der Waals surface area contributed by atoms with Gasteiger partial charge < -0.3 is 24.4 Å². The van der Waals surface area contributed by atoms with Crippen molar-refractivity contribution in [1.82, 2.24) is 10.2 Å². The van der Waals surface area contributed by atoms with Gasteiger partial charge in [0, 0.05) is 46.7 Å². The monoisotopic (exact) mass is 572 g/mol. The van der Waals surface area contributed by atoms with E-state index in [-0.39, 0.29) is 19.1 Å². The second-order valence-corrected chi connectivity index (χ2v) is 10.9. The van der Waals surface area contributed by atoms with Crippen LogP contribution in [0.4, 0.5) is 0 Å². The first kappa shape index (κ1) is 30.1. The first-order chi connectivity index (χ1) is 18.5. The fraction of sp³-hybridized carbons (Fsp3) is 0.333. The van der Waals surface area contributed by atoms with Crippen LogP contribution in [0.2, 0.25) is 10.0 Å². The summed E-state index contributed by atoms with van der Waals surface area (Å²) < 4.78 is 16.5. The zero-order valence-corrected chi connectivity index (χ0v) is 24.3. The van der Waals surface area contributed by atoms with E-state index >= 15 is 0 Å². The molecule has 0 aliphatic rings. The van der Waals surface area contributed by atoms with Crippen molar-refractivity contribution in [3.05, 3.63) is 87.9 Å². The average Bonchev–Trinajstić information content (AvgIpc) is 2.89. The SMILES string of the molecule is COc1cc(OC)cc(OCC(=O)N(Cc2ccc(Cl)cc2Cl)[C@@H](Cc2ccccc2)C(=O)NC(C)(C)C)c1. The van der Waals surface area contributed by atoms with Crippen molar-refractivity contribution in [3.8, 4) is 17.2 Å². The van der Waals surface area contributed by atoms with Gasteiger partial charge in [-0.1, -0.05) is 59.6 Å². The molecule has 0 spiro atoms. The lowest BCUT2D eigenvalue weighted by molar-refractivity contribution is -0.143. The Morgan fingerprint density at radius 2 is 1.51 bits per heavy atom. The third-order valence-electron chi connectivity index (χ3n) is 5.81. The van der Waals surface area contributed by atoms with E-state index in [9.17, 15) is 9.59 Å². The molecule has 3 aromatic rings. The highest BCUT2D eigenvalue weighted by molar-refractivity contribution is 6.35. The number of nitrogens with one attached hydrogen (secondary N) is 1. The number of hydrogen-bond donors (Lipinski definition) is 1. The molecule has 0 fully saturated rings. The zero-order chi connectivity index (χ0) is 28.6. The van der Waals surface area contributed by atoms with E-state index in [0.29, 0.717) is 39.3 Å². The summed E-state index contributed by atoms with van der Waals surface area (Å²) in [6.45, 7) is 5.44. The molecule has 0 radical (unpaired) electrons. The molecule has 0 aliphatic carbocycles. The summed E-state index contributed by atoms with van der Waals surface area (Å²) in [5.74, 6) is 0.754. The molecule has 0 aromatic heterocycles. The van der Waals surface area contributed by atoms with Crippen molar-refractivity contribution in [2.45, 2.75) is 45.3 Å². The number of nitrogens with zero attached hydrogens (tertiary/aromatic N) is 1. The number of ether oxygens (including phenoxy) is 3. The predicted octanol–water partition coefficient (Wildman–Crippen LogP) is 5.94. The maximum atomic E-state index is 13.8. The number of rotatable bonds is 11. The summed E-state index contributed by atoms with van der Waals surface area (Å²) in [5, 5.41) is 3.90. The molecule has 0 saturated heterocycles. The molecule has 0 aliphatic heterocycles. The molecule has 39 heavy (non-hydrogen) atoms. The standard InChI is InChI=1S/C30H34Cl2N2O5/c1-30(2,3)33-29(36)27(13-20-9-7-6-8-10-20)34(18-21-11-12-22(31)14-26(21)32)28(35)19-39-25-16-23(37-4)15-24(17-25)38-5/h6-12,14-17,27H,13,18-19H2,1-5H3,(H,33,36)/t27-/m0/s1. The van der Waals surface area contributed by atoms with E-state index in [2.05, 4.69) is 5.32 Å². The Kier molecular flexibility index (Phi) is 10.5. The molecule has 208 valence electrons. The largest absolute Gasteiger partial charge is 0.496 e. The lowest BCUT2D eigenvalue weighted by Gasteiger charge is -2.34. The van der Waals surface area contributed by atoms with Gasteiger partial charge in [0.1, 0.15) is 23.3 Å². The third-order valence-corrected chi connectivity index (χ3v) is 6.40. The van der Waals surface area contributed by atoms with Gasteiger partial charge in [0.25, 0.3) is 5.91 Å². The minimum absolute atomic E-state index is 0.0781. The lowest BCUT2D eigenvalue weighted by Crippen LogP contribution is -2.55. The summed E-state index contributed by atoms with van der Waals surface area (Å²) in [6, 6.07) is 18.8. The first-order valence-corrected chi connectivity index (χ1v) is 13.2. The number of benzene rings is 3. The van der Waals surface area contributed by atoms with Crippen LogP contribution >= 0.6 is 23.2 Å². The molecule has 9 heteroatoms. The molecule has 3 aromatic carbocycles. The van der Waals surface area contributed by atoms with Crippen molar-refractivity contribution < 1.29 is 23.8 Å². The Labute approximate surface area is 240 Å². The van der Waals surface area contributed by atoms with E-state index in [1.54, 1.807) is 36.4 Å². The number of carbonyl (C=O) groups is 2. The summed E-state index contributed by atoms with van der Waals surface area (Å²) in [6.07, 6.45) is 0.298. The number of hydrogen-bond acceptors (Lipinski definition) is 5. The van der Waals surface area contributed by atoms with Crippen molar-refractivity contribution in [1.29, 1.82) is 0 Å². The van der Waals surface area contributed by atoms with Gasteiger partial charge in [-0.2, -0.15) is 0 Å². The Hall–Kier alpha value is -3.42. The average molecular weight is 574 g/mol. The van der Waals surface area contributed by atoms with Crippen LogP contribution in [-0.2, 0) is 22.6 Å². The smallest absolute Gasteiger partial charge is 0.261 e. The Morgan fingerprint density at radius 1 is 0.897 bits per heavy atom. The molecule has 0 bridgehead atoms. The molecule has 0 heterocycles. The van der Waals surface area contributed by atoms with Crippen LogP contribution in [0.1, 0.15) is 31.9 Å². The van der Waals surface area contributed by atoms with Gasteiger partial charge in [-0.15, -0.1) is 0 Å². The fourth-order valence-corrected chi connectivity index (χ4v) is 4.40. The van der Waals surface area contributed by atoms with E-state index in [1.165, 1.54) is 19.1 Å². The highest BCUT2D eigenvalue weighted by Gasteiger charge is 2.33. The predicted molar refractivity (Wildman–Crippen MR) is 154 cm³/mol. The number of amides is 2. The van der Waals surface area contributed by atoms with Crippen LogP contribution in [-0.4, -0.2) is 49.1 Å². The number of carbonyl (C=O) groups excluding carboxylic acids is 2. The molecule has 0 unspecified atom stereocenters. The summed E-state index contributed by atoms with van der Waals surface area (Å²) in [4.78, 5) is 28.9. The van der Waals surface area contributed by atoms with Gasteiger partial charge >= 0.3 is 0 Å². The first-order valence-electron chi connectivity index (χ1n) is 12.4. The maximum Gasteiger partial charge on any atom is 0.261 e. The topological polar surface area (TPSA) is 77.1 Å². The van der Waals surface area contributed by atoms with Gasteiger partial charge in [-0.3, -0.25) is 9.59 Å². The molecular weight excluding hydrogens is 539 g/mol. The number of halogens is 2.